The van der Waals surface area contributed by atoms with Crippen molar-refractivity contribution in [2.24, 2.45) is 11.8 Å². The van der Waals surface area contributed by atoms with Gasteiger partial charge >= 0.3 is 6.03 Å². The van der Waals surface area contributed by atoms with Crippen molar-refractivity contribution >= 4 is 6.03 Å². The Hall–Kier alpha value is -1.59. The average molecular weight is 343 g/mol. The molecule has 1 saturated heterocycles. The van der Waals surface area contributed by atoms with Crippen LogP contribution in [-0.2, 0) is 6.54 Å². The highest BCUT2D eigenvalue weighted by molar-refractivity contribution is 5.75. The van der Waals surface area contributed by atoms with Crippen molar-refractivity contribution in [2.45, 2.75) is 44.3 Å². The number of hydrogen-bond donors (Lipinski definition) is 2. The molecule has 3 aliphatic rings. The molecule has 1 aromatic rings. The van der Waals surface area contributed by atoms with Crippen LogP contribution >= 0.6 is 0 Å². The summed E-state index contributed by atoms with van der Waals surface area (Å²) in [5, 5.41) is 12.5. The Morgan fingerprint density at radius 2 is 1.96 bits per heavy atom. The first-order valence-corrected chi connectivity index (χ1v) is 9.69. The fourth-order valence-corrected chi connectivity index (χ4v) is 4.69. The molecule has 5 heteroatoms. The fraction of sp³-hybridized carbons (Fsp3) is 0.650. The Morgan fingerprint density at radius 3 is 2.68 bits per heavy atom. The predicted molar refractivity (Wildman–Crippen MR) is 97.1 cm³/mol. The number of fused-ring (bicyclic) bond motifs is 1. The highest BCUT2D eigenvalue weighted by Gasteiger charge is 2.44. The van der Waals surface area contributed by atoms with Gasteiger partial charge in [-0.3, -0.25) is 4.90 Å². The molecular weight excluding hydrogens is 314 g/mol. The van der Waals surface area contributed by atoms with Crippen molar-refractivity contribution in [3.8, 4) is 0 Å². The van der Waals surface area contributed by atoms with Crippen LogP contribution < -0.4 is 5.32 Å². The van der Waals surface area contributed by atoms with Gasteiger partial charge in [-0.1, -0.05) is 30.3 Å². The lowest BCUT2D eigenvalue weighted by Gasteiger charge is -2.27. The van der Waals surface area contributed by atoms with Crippen molar-refractivity contribution in [1.82, 2.24) is 15.1 Å². The third kappa shape index (κ3) is 3.82. The maximum atomic E-state index is 12.6. The van der Waals surface area contributed by atoms with Gasteiger partial charge in [0.25, 0.3) is 0 Å². The number of carbonyl (C=O) groups is 1. The molecule has 0 radical (unpaired) electrons. The number of nitrogens with one attached hydrogen (secondary N) is 1. The van der Waals surface area contributed by atoms with E-state index >= 15 is 0 Å². The zero-order valence-corrected chi connectivity index (χ0v) is 14.8. The van der Waals surface area contributed by atoms with Gasteiger partial charge in [0.2, 0.25) is 0 Å². The lowest BCUT2D eigenvalue weighted by Crippen LogP contribution is -2.48. The fourth-order valence-electron chi connectivity index (χ4n) is 4.69. The number of urea groups is 1. The SMILES string of the molecule is O=C(N[C@@H]1CC[C@H]2CN(Cc3ccccc3)C[C@H]21)N(CCO)C1CC1. The summed E-state index contributed by atoms with van der Waals surface area (Å²) in [7, 11) is 0. The molecule has 1 heterocycles. The second kappa shape index (κ2) is 7.34. The second-order valence-corrected chi connectivity index (χ2v) is 7.89. The van der Waals surface area contributed by atoms with Gasteiger partial charge in [0.1, 0.15) is 0 Å². The highest BCUT2D eigenvalue weighted by atomic mass is 16.3. The Bertz CT molecular complexity index is 590. The molecule has 136 valence electrons. The predicted octanol–water partition coefficient (Wildman–Crippen LogP) is 2.06. The summed E-state index contributed by atoms with van der Waals surface area (Å²) < 4.78 is 0. The minimum Gasteiger partial charge on any atom is -0.395 e. The van der Waals surface area contributed by atoms with Crippen LogP contribution in [0.15, 0.2) is 30.3 Å². The normalized spacial score (nSPS) is 28.8. The van der Waals surface area contributed by atoms with E-state index in [-0.39, 0.29) is 12.6 Å². The van der Waals surface area contributed by atoms with E-state index in [1.807, 2.05) is 4.90 Å². The molecule has 2 amide bonds. The Kier molecular flexibility index (Phi) is 4.95. The van der Waals surface area contributed by atoms with E-state index in [0.29, 0.717) is 30.5 Å². The van der Waals surface area contributed by atoms with Gasteiger partial charge in [0.05, 0.1) is 6.61 Å². The molecule has 1 aliphatic heterocycles. The molecule has 0 aromatic heterocycles. The molecule has 3 fully saturated rings. The molecule has 1 aromatic carbocycles. The Balaban J connectivity index is 1.33. The maximum Gasteiger partial charge on any atom is 0.317 e. The van der Waals surface area contributed by atoms with Gasteiger partial charge in [-0.25, -0.2) is 4.79 Å². The summed E-state index contributed by atoms with van der Waals surface area (Å²) >= 11 is 0. The molecule has 25 heavy (non-hydrogen) atoms. The van der Waals surface area contributed by atoms with Crippen molar-refractivity contribution in [3.63, 3.8) is 0 Å². The van der Waals surface area contributed by atoms with Gasteiger partial charge < -0.3 is 15.3 Å². The topological polar surface area (TPSA) is 55.8 Å². The summed E-state index contributed by atoms with van der Waals surface area (Å²) in [5.41, 5.74) is 1.37. The van der Waals surface area contributed by atoms with E-state index in [0.717, 1.165) is 38.9 Å². The summed E-state index contributed by atoms with van der Waals surface area (Å²) in [6.07, 6.45) is 4.46. The molecule has 0 unspecified atom stereocenters. The molecule has 5 nitrogen and oxygen atoms in total. The van der Waals surface area contributed by atoms with E-state index < -0.39 is 0 Å². The summed E-state index contributed by atoms with van der Waals surface area (Å²) in [6, 6.07) is 11.3. The Labute approximate surface area is 150 Å². The van der Waals surface area contributed by atoms with Crippen molar-refractivity contribution in [1.29, 1.82) is 0 Å². The van der Waals surface area contributed by atoms with Gasteiger partial charge in [-0.05, 0) is 43.1 Å². The van der Waals surface area contributed by atoms with Crippen molar-refractivity contribution in [3.05, 3.63) is 35.9 Å². The van der Waals surface area contributed by atoms with E-state index in [2.05, 4.69) is 40.5 Å². The van der Waals surface area contributed by atoms with Crippen LogP contribution in [0.3, 0.4) is 0 Å². The van der Waals surface area contributed by atoms with Gasteiger partial charge in [-0.15, -0.1) is 0 Å². The lowest BCUT2D eigenvalue weighted by atomic mass is 9.98. The maximum absolute atomic E-state index is 12.6. The van der Waals surface area contributed by atoms with Crippen LogP contribution in [0.1, 0.15) is 31.2 Å². The third-order valence-corrected chi connectivity index (χ3v) is 6.08. The molecule has 2 aliphatic carbocycles. The van der Waals surface area contributed by atoms with Gasteiger partial charge in [0.15, 0.2) is 0 Å². The van der Waals surface area contributed by atoms with Gasteiger partial charge in [0, 0.05) is 38.3 Å². The first kappa shape index (κ1) is 16.9. The minimum atomic E-state index is 0.0312. The molecule has 2 saturated carbocycles. The number of aliphatic hydroxyl groups excluding tert-OH is 1. The van der Waals surface area contributed by atoms with Crippen LogP contribution in [0.5, 0.6) is 0 Å². The molecular formula is C20H29N3O2. The van der Waals surface area contributed by atoms with Gasteiger partial charge in [-0.2, -0.15) is 0 Å². The number of amides is 2. The molecule has 3 atom stereocenters. The summed E-state index contributed by atoms with van der Waals surface area (Å²) in [6.45, 7) is 3.74. The van der Waals surface area contributed by atoms with E-state index in [4.69, 9.17) is 0 Å². The molecule has 2 N–H and O–H groups in total. The first-order chi connectivity index (χ1) is 12.2. The zero-order valence-electron chi connectivity index (χ0n) is 14.8. The molecule has 4 rings (SSSR count). The number of benzene rings is 1. The second-order valence-electron chi connectivity index (χ2n) is 7.89. The van der Waals surface area contributed by atoms with E-state index in [1.54, 1.807) is 0 Å². The number of rotatable bonds is 6. The van der Waals surface area contributed by atoms with Crippen molar-refractivity contribution in [2.75, 3.05) is 26.2 Å². The van der Waals surface area contributed by atoms with Crippen LogP contribution in [0, 0.1) is 11.8 Å². The number of carbonyl (C=O) groups excluding carboxylic acids is 1. The quantitative estimate of drug-likeness (QED) is 0.831. The van der Waals surface area contributed by atoms with Crippen LogP contribution in [0.25, 0.3) is 0 Å². The van der Waals surface area contributed by atoms with Crippen molar-refractivity contribution < 1.29 is 9.90 Å². The van der Waals surface area contributed by atoms with Crippen LogP contribution in [-0.4, -0.2) is 59.3 Å². The number of hydrogen-bond acceptors (Lipinski definition) is 3. The van der Waals surface area contributed by atoms with Crippen LogP contribution in [0.2, 0.25) is 0 Å². The standard InChI is InChI=1S/C20H29N3O2/c24-11-10-23(17-7-8-17)20(25)21-19-9-6-16-13-22(14-18(16)19)12-15-4-2-1-3-5-15/h1-5,16-19,24H,6-14H2,(H,21,25)/t16-,18+,19+/m0/s1. The smallest absolute Gasteiger partial charge is 0.317 e. The van der Waals surface area contributed by atoms with E-state index in [1.165, 1.54) is 12.0 Å². The number of likely N-dealkylation sites (tertiary alicyclic amines) is 1. The minimum absolute atomic E-state index is 0.0312. The highest BCUT2D eigenvalue weighted by Crippen LogP contribution is 2.39. The third-order valence-electron chi connectivity index (χ3n) is 6.08. The molecule has 0 spiro atoms. The largest absolute Gasteiger partial charge is 0.395 e. The Morgan fingerprint density at radius 1 is 1.16 bits per heavy atom. The summed E-state index contributed by atoms with van der Waals surface area (Å²) in [5.74, 6) is 1.28. The lowest BCUT2D eigenvalue weighted by molar-refractivity contribution is 0.167. The number of aliphatic hydroxyl groups is 1. The monoisotopic (exact) mass is 343 g/mol. The van der Waals surface area contributed by atoms with E-state index in [9.17, 15) is 9.90 Å². The molecule has 0 bridgehead atoms. The zero-order chi connectivity index (χ0) is 17.2. The number of nitrogens with zero attached hydrogens (tertiary/aromatic N) is 2. The first-order valence-electron chi connectivity index (χ1n) is 9.69. The average Bonchev–Trinajstić information content (AvgIpc) is 3.28. The van der Waals surface area contributed by atoms with Crippen LogP contribution in [0.4, 0.5) is 4.79 Å². The summed E-state index contributed by atoms with van der Waals surface area (Å²) in [4.78, 5) is 17.0.